The summed E-state index contributed by atoms with van der Waals surface area (Å²) in [5.41, 5.74) is 1.14. The van der Waals surface area contributed by atoms with Crippen LogP contribution in [-0.4, -0.2) is 51.2 Å². The van der Waals surface area contributed by atoms with Crippen molar-refractivity contribution in [3.05, 3.63) is 29.3 Å². The Balaban J connectivity index is 0.00000288. The number of sulfone groups is 1. The molecule has 1 amide bonds. The number of hydrogen-bond acceptors (Lipinski definition) is 4. The number of amides is 1. The Hall–Kier alpha value is -1.11. The minimum Gasteiger partial charge on any atom is -0.336 e. The highest BCUT2D eigenvalue weighted by Crippen LogP contribution is 2.21. The van der Waals surface area contributed by atoms with Gasteiger partial charge in [-0.25, -0.2) is 8.42 Å². The van der Waals surface area contributed by atoms with Crippen LogP contribution in [0.15, 0.2) is 23.1 Å². The van der Waals surface area contributed by atoms with Crippen LogP contribution >= 0.6 is 12.4 Å². The van der Waals surface area contributed by atoms with Crippen LogP contribution in [-0.2, 0) is 9.84 Å². The SMILES string of the molecule is CCCN(C(=O)c1ccc(C)c(S(C)(=O)=O)c1)C1CCNCC1.Cl. The molecule has 1 N–H and O–H groups in total. The van der Waals surface area contributed by atoms with Crippen LogP contribution < -0.4 is 5.32 Å². The first-order valence-corrected chi connectivity index (χ1v) is 10.1. The van der Waals surface area contributed by atoms with Crippen LogP contribution in [0.1, 0.15) is 42.1 Å². The lowest BCUT2D eigenvalue weighted by Gasteiger charge is -2.34. The fourth-order valence-corrected chi connectivity index (χ4v) is 4.10. The van der Waals surface area contributed by atoms with E-state index < -0.39 is 9.84 Å². The van der Waals surface area contributed by atoms with Gasteiger partial charge in [0.25, 0.3) is 5.91 Å². The highest BCUT2D eigenvalue weighted by Gasteiger charge is 2.26. The van der Waals surface area contributed by atoms with E-state index in [4.69, 9.17) is 0 Å². The summed E-state index contributed by atoms with van der Waals surface area (Å²) in [5, 5.41) is 3.31. The summed E-state index contributed by atoms with van der Waals surface area (Å²) in [7, 11) is -3.33. The molecular formula is C17H27ClN2O3S. The lowest BCUT2D eigenvalue weighted by molar-refractivity contribution is 0.0642. The van der Waals surface area contributed by atoms with Crippen molar-refractivity contribution in [1.82, 2.24) is 10.2 Å². The van der Waals surface area contributed by atoms with E-state index in [0.717, 1.165) is 32.4 Å². The summed E-state index contributed by atoms with van der Waals surface area (Å²) >= 11 is 0. The molecule has 2 rings (SSSR count). The summed E-state index contributed by atoms with van der Waals surface area (Å²) in [5.74, 6) is -0.0661. The van der Waals surface area contributed by atoms with E-state index in [0.29, 0.717) is 17.7 Å². The predicted octanol–water partition coefficient (Wildman–Crippen LogP) is 2.42. The molecule has 1 aliphatic heterocycles. The molecule has 0 atom stereocenters. The molecule has 1 aromatic carbocycles. The molecule has 0 unspecified atom stereocenters. The van der Waals surface area contributed by atoms with Gasteiger partial charge in [-0.05, 0) is 57.0 Å². The Bertz CT molecular complexity index is 670. The molecule has 0 radical (unpaired) electrons. The number of halogens is 1. The van der Waals surface area contributed by atoms with Crippen LogP contribution in [0.4, 0.5) is 0 Å². The maximum atomic E-state index is 12.9. The second-order valence-corrected chi connectivity index (χ2v) is 8.22. The molecule has 1 heterocycles. The Kier molecular flexibility index (Phi) is 7.70. The van der Waals surface area contributed by atoms with Gasteiger partial charge in [-0.2, -0.15) is 0 Å². The molecule has 0 saturated carbocycles. The van der Waals surface area contributed by atoms with Crippen LogP contribution in [0.25, 0.3) is 0 Å². The van der Waals surface area contributed by atoms with Gasteiger partial charge in [0.2, 0.25) is 0 Å². The molecule has 7 heteroatoms. The summed E-state index contributed by atoms with van der Waals surface area (Å²) < 4.78 is 23.8. The molecule has 1 aromatic rings. The quantitative estimate of drug-likeness (QED) is 0.859. The average Bonchev–Trinajstić information content (AvgIpc) is 2.52. The van der Waals surface area contributed by atoms with Gasteiger partial charge in [0.1, 0.15) is 0 Å². The number of hydrogen-bond donors (Lipinski definition) is 1. The molecular weight excluding hydrogens is 348 g/mol. The maximum Gasteiger partial charge on any atom is 0.254 e. The average molecular weight is 375 g/mol. The maximum absolute atomic E-state index is 12.9. The topological polar surface area (TPSA) is 66.5 Å². The number of rotatable bonds is 5. The normalized spacial score (nSPS) is 15.6. The number of nitrogens with zero attached hydrogens (tertiary/aromatic N) is 1. The number of piperidine rings is 1. The van der Waals surface area contributed by atoms with Crippen LogP contribution in [0, 0.1) is 6.92 Å². The molecule has 136 valence electrons. The number of carbonyl (C=O) groups excluding carboxylic acids is 1. The van der Waals surface area contributed by atoms with Crippen molar-refractivity contribution in [1.29, 1.82) is 0 Å². The van der Waals surface area contributed by atoms with Crippen molar-refractivity contribution in [2.24, 2.45) is 0 Å². The Morgan fingerprint density at radius 2 is 1.92 bits per heavy atom. The van der Waals surface area contributed by atoms with Crippen molar-refractivity contribution in [3.63, 3.8) is 0 Å². The minimum absolute atomic E-state index is 0. The van der Waals surface area contributed by atoms with E-state index in [1.165, 1.54) is 12.3 Å². The van der Waals surface area contributed by atoms with Crippen LogP contribution in [0.3, 0.4) is 0 Å². The van der Waals surface area contributed by atoms with Crippen molar-refractivity contribution >= 4 is 28.2 Å². The second-order valence-electron chi connectivity index (χ2n) is 6.23. The molecule has 24 heavy (non-hydrogen) atoms. The fraction of sp³-hybridized carbons (Fsp3) is 0.588. The number of benzene rings is 1. The van der Waals surface area contributed by atoms with E-state index in [2.05, 4.69) is 12.2 Å². The molecule has 0 spiro atoms. The van der Waals surface area contributed by atoms with E-state index in [-0.39, 0.29) is 29.3 Å². The third-order valence-corrected chi connectivity index (χ3v) is 5.55. The Labute approximate surface area is 151 Å². The zero-order chi connectivity index (χ0) is 17.0. The molecule has 0 aliphatic carbocycles. The molecule has 0 bridgehead atoms. The molecule has 1 aliphatic rings. The largest absolute Gasteiger partial charge is 0.336 e. The molecule has 5 nitrogen and oxygen atoms in total. The number of aryl methyl sites for hydroxylation is 1. The van der Waals surface area contributed by atoms with Crippen molar-refractivity contribution in [2.45, 2.75) is 44.0 Å². The van der Waals surface area contributed by atoms with E-state index in [1.54, 1.807) is 19.1 Å². The predicted molar refractivity (Wildman–Crippen MR) is 98.8 cm³/mol. The third-order valence-electron chi connectivity index (χ3n) is 4.31. The highest BCUT2D eigenvalue weighted by molar-refractivity contribution is 7.90. The summed E-state index contributed by atoms with van der Waals surface area (Å²) in [4.78, 5) is 15.1. The van der Waals surface area contributed by atoms with Crippen molar-refractivity contribution in [3.8, 4) is 0 Å². The fourth-order valence-electron chi connectivity index (χ4n) is 3.11. The van der Waals surface area contributed by atoms with Gasteiger partial charge in [-0.3, -0.25) is 4.79 Å². The molecule has 0 aromatic heterocycles. The number of carbonyl (C=O) groups is 1. The second kappa shape index (κ2) is 8.83. The molecule has 1 saturated heterocycles. The van der Waals surface area contributed by atoms with Gasteiger partial charge < -0.3 is 10.2 Å². The highest BCUT2D eigenvalue weighted by atomic mass is 35.5. The first-order chi connectivity index (χ1) is 10.8. The lowest BCUT2D eigenvalue weighted by atomic mass is 10.0. The summed E-state index contributed by atoms with van der Waals surface area (Å²) in [6, 6.07) is 5.20. The number of nitrogens with one attached hydrogen (secondary N) is 1. The first kappa shape index (κ1) is 20.9. The van der Waals surface area contributed by atoms with E-state index in [1.807, 2.05) is 4.90 Å². The van der Waals surface area contributed by atoms with Gasteiger partial charge in [0, 0.05) is 24.4 Å². The van der Waals surface area contributed by atoms with Gasteiger partial charge in [0.15, 0.2) is 9.84 Å². The van der Waals surface area contributed by atoms with Gasteiger partial charge in [0.05, 0.1) is 4.90 Å². The van der Waals surface area contributed by atoms with Crippen molar-refractivity contribution in [2.75, 3.05) is 25.9 Å². The standard InChI is InChI=1S/C17H26N2O3S.ClH/c1-4-11-19(15-7-9-18-10-8-15)17(20)14-6-5-13(2)16(12-14)23(3,21)22;/h5-6,12,15,18H,4,7-11H2,1-3H3;1H. The minimum atomic E-state index is -3.33. The van der Waals surface area contributed by atoms with Gasteiger partial charge >= 0.3 is 0 Å². The van der Waals surface area contributed by atoms with Crippen LogP contribution in [0.5, 0.6) is 0 Å². The van der Waals surface area contributed by atoms with E-state index in [9.17, 15) is 13.2 Å². The third kappa shape index (κ3) is 4.94. The summed E-state index contributed by atoms with van der Waals surface area (Å²) in [6.45, 7) is 6.34. The molecule has 1 fully saturated rings. The van der Waals surface area contributed by atoms with Crippen molar-refractivity contribution < 1.29 is 13.2 Å². The Morgan fingerprint density at radius 3 is 2.46 bits per heavy atom. The first-order valence-electron chi connectivity index (χ1n) is 8.17. The Morgan fingerprint density at radius 1 is 1.29 bits per heavy atom. The van der Waals surface area contributed by atoms with Gasteiger partial charge in [-0.1, -0.05) is 13.0 Å². The zero-order valence-electron chi connectivity index (χ0n) is 14.5. The van der Waals surface area contributed by atoms with Gasteiger partial charge in [-0.15, -0.1) is 12.4 Å². The zero-order valence-corrected chi connectivity index (χ0v) is 16.2. The summed E-state index contributed by atoms with van der Waals surface area (Å²) in [6.07, 6.45) is 3.95. The smallest absolute Gasteiger partial charge is 0.254 e. The van der Waals surface area contributed by atoms with Crippen LogP contribution in [0.2, 0.25) is 0 Å². The van der Waals surface area contributed by atoms with E-state index >= 15 is 0 Å². The monoisotopic (exact) mass is 374 g/mol. The lowest BCUT2D eigenvalue weighted by Crippen LogP contribution is -2.46.